The normalized spacial score (nSPS) is 17.1. The van der Waals surface area contributed by atoms with Gasteiger partial charge in [0.25, 0.3) is 0 Å². The highest BCUT2D eigenvalue weighted by Crippen LogP contribution is 2.51. The third-order valence-electron chi connectivity index (χ3n) is 2.86. The van der Waals surface area contributed by atoms with E-state index in [2.05, 4.69) is 0 Å². The Morgan fingerprint density at radius 3 is 2.31 bits per heavy atom. The Bertz CT molecular complexity index is 432. The lowest BCUT2D eigenvalue weighted by molar-refractivity contribution is 0.332. The van der Waals surface area contributed by atoms with E-state index >= 15 is 0 Å². The molecule has 0 heterocycles. The zero-order valence-electron chi connectivity index (χ0n) is 9.14. The van der Waals surface area contributed by atoms with Crippen LogP contribution in [0.2, 0.25) is 5.02 Å². The Balaban J connectivity index is 2.64. The van der Waals surface area contributed by atoms with Crippen molar-refractivity contribution in [3.63, 3.8) is 0 Å². The molecule has 0 aliphatic heterocycles. The number of rotatable bonds is 3. The van der Waals surface area contributed by atoms with E-state index < -0.39 is 11.4 Å². The fourth-order valence-electron chi connectivity index (χ4n) is 1.74. The van der Waals surface area contributed by atoms with E-state index in [0.29, 0.717) is 11.3 Å². The third kappa shape index (κ3) is 1.62. The van der Waals surface area contributed by atoms with Gasteiger partial charge in [-0.05, 0) is 18.9 Å². The monoisotopic (exact) mass is 245 g/mol. The molecule has 0 amide bonds. The van der Waals surface area contributed by atoms with Crippen LogP contribution < -0.4 is 15.2 Å². The van der Waals surface area contributed by atoms with Crippen LogP contribution in [-0.4, -0.2) is 14.2 Å². The minimum atomic E-state index is -0.617. The van der Waals surface area contributed by atoms with Gasteiger partial charge in [-0.25, -0.2) is 4.39 Å². The highest BCUT2D eigenvalue weighted by Gasteiger charge is 2.44. The molecule has 88 valence electrons. The van der Waals surface area contributed by atoms with Crippen LogP contribution in [-0.2, 0) is 5.54 Å². The molecule has 1 fully saturated rings. The Kier molecular flexibility index (Phi) is 2.72. The smallest absolute Gasteiger partial charge is 0.198 e. The van der Waals surface area contributed by atoms with Gasteiger partial charge in [0.05, 0.1) is 19.2 Å². The number of halogens is 2. The summed E-state index contributed by atoms with van der Waals surface area (Å²) in [6, 6.07) is 1.52. The van der Waals surface area contributed by atoms with Gasteiger partial charge in [-0.15, -0.1) is 0 Å². The fraction of sp³-hybridized carbons (Fsp3) is 0.455. The van der Waals surface area contributed by atoms with Crippen molar-refractivity contribution in [3.05, 3.63) is 22.5 Å². The highest BCUT2D eigenvalue weighted by molar-refractivity contribution is 6.31. The Morgan fingerprint density at radius 1 is 1.31 bits per heavy atom. The van der Waals surface area contributed by atoms with Crippen molar-refractivity contribution >= 4 is 11.6 Å². The van der Waals surface area contributed by atoms with Crippen LogP contribution in [0.5, 0.6) is 11.5 Å². The lowest BCUT2D eigenvalue weighted by Gasteiger charge is -2.18. The van der Waals surface area contributed by atoms with Gasteiger partial charge >= 0.3 is 0 Å². The molecule has 1 aliphatic rings. The maximum absolute atomic E-state index is 13.7. The summed E-state index contributed by atoms with van der Waals surface area (Å²) < 4.78 is 23.8. The molecule has 3 nitrogen and oxygen atoms in total. The minimum Gasteiger partial charge on any atom is -0.492 e. The Hall–Kier alpha value is -1.00. The SMILES string of the molecule is COc1c(C2(N)CC2)cc(Cl)c(F)c1OC. The van der Waals surface area contributed by atoms with Crippen molar-refractivity contribution < 1.29 is 13.9 Å². The molecule has 0 unspecified atom stereocenters. The lowest BCUT2D eigenvalue weighted by atomic mass is 10.0. The molecule has 16 heavy (non-hydrogen) atoms. The van der Waals surface area contributed by atoms with E-state index in [1.807, 2.05) is 0 Å². The zero-order chi connectivity index (χ0) is 11.9. The van der Waals surface area contributed by atoms with Gasteiger partial charge in [0.15, 0.2) is 17.3 Å². The van der Waals surface area contributed by atoms with Gasteiger partial charge in [-0.1, -0.05) is 11.6 Å². The summed E-state index contributed by atoms with van der Waals surface area (Å²) in [7, 11) is 2.83. The van der Waals surface area contributed by atoms with E-state index in [1.54, 1.807) is 0 Å². The van der Waals surface area contributed by atoms with E-state index in [1.165, 1.54) is 20.3 Å². The summed E-state index contributed by atoms with van der Waals surface area (Å²) >= 11 is 5.79. The first kappa shape index (κ1) is 11.5. The molecule has 0 bridgehead atoms. The second-order valence-electron chi connectivity index (χ2n) is 3.94. The van der Waals surface area contributed by atoms with Crippen LogP contribution in [0.25, 0.3) is 0 Å². The quantitative estimate of drug-likeness (QED) is 0.890. The van der Waals surface area contributed by atoms with Crippen LogP contribution >= 0.6 is 11.6 Å². The summed E-state index contributed by atoms with van der Waals surface area (Å²) in [4.78, 5) is 0. The molecule has 1 aliphatic carbocycles. The van der Waals surface area contributed by atoms with E-state index in [0.717, 1.165) is 12.8 Å². The van der Waals surface area contributed by atoms with Gasteiger partial charge in [-0.3, -0.25) is 0 Å². The minimum absolute atomic E-state index is 0.00405. The van der Waals surface area contributed by atoms with Crippen molar-refractivity contribution in [3.8, 4) is 11.5 Å². The average Bonchev–Trinajstić information content (AvgIpc) is 3.00. The van der Waals surface area contributed by atoms with Gasteiger partial charge < -0.3 is 15.2 Å². The van der Waals surface area contributed by atoms with Crippen LogP contribution in [0.15, 0.2) is 6.07 Å². The standard InChI is InChI=1S/C11H13ClFNO2/c1-15-9-6(11(14)3-4-11)5-7(12)8(13)10(9)16-2/h5H,3-4,14H2,1-2H3. The van der Waals surface area contributed by atoms with Crippen molar-refractivity contribution in [1.82, 2.24) is 0 Å². The van der Waals surface area contributed by atoms with Gasteiger partial charge in [0, 0.05) is 11.1 Å². The molecule has 2 rings (SSSR count). The zero-order valence-corrected chi connectivity index (χ0v) is 9.90. The van der Waals surface area contributed by atoms with Gasteiger partial charge in [0.2, 0.25) is 0 Å². The molecule has 1 aromatic carbocycles. The number of nitrogens with two attached hydrogens (primary N) is 1. The largest absolute Gasteiger partial charge is 0.492 e. The predicted octanol–water partition coefficient (Wildman–Crippen LogP) is 2.44. The Labute approximate surface area is 98.3 Å². The molecular formula is C11H13ClFNO2. The number of benzene rings is 1. The fourth-order valence-corrected chi connectivity index (χ4v) is 1.94. The molecule has 0 atom stereocenters. The van der Waals surface area contributed by atoms with Crippen LogP contribution in [0, 0.1) is 5.82 Å². The maximum atomic E-state index is 13.7. The summed E-state index contributed by atoms with van der Waals surface area (Å²) in [5.41, 5.74) is 6.33. The van der Waals surface area contributed by atoms with Gasteiger partial charge in [-0.2, -0.15) is 0 Å². The van der Waals surface area contributed by atoms with E-state index in [-0.39, 0.29) is 10.8 Å². The molecular weight excluding hydrogens is 233 g/mol. The van der Waals surface area contributed by atoms with Crippen molar-refractivity contribution in [2.75, 3.05) is 14.2 Å². The number of hydrogen-bond acceptors (Lipinski definition) is 3. The van der Waals surface area contributed by atoms with E-state index in [9.17, 15) is 4.39 Å². The van der Waals surface area contributed by atoms with Gasteiger partial charge in [0.1, 0.15) is 0 Å². The second-order valence-corrected chi connectivity index (χ2v) is 4.35. The van der Waals surface area contributed by atoms with Crippen LogP contribution in [0.4, 0.5) is 4.39 Å². The van der Waals surface area contributed by atoms with Crippen molar-refractivity contribution in [2.24, 2.45) is 5.73 Å². The number of methoxy groups -OCH3 is 2. The summed E-state index contributed by atoms with van der Waals surface area (Å²) in [6.45, 7) is 0. The first-order valence-corrected chi connectivity index (χ1v) is 5.30. The molecule has 1 aromatic rings. The molecule has 0 spiro atoms. The third-order valence-corrected chi connectivity index (χ3v) is 3.14. The first-order chi connectivity index (χ1) is 7.53. The molecule has 5 heteroatoms. The van der Waals surface area contributed by atoms with Crippen LogP contribution in [0.1, 0.15) is 18.4 Å². The molecule has 0 radical (unpaired) electrons. The summed E-state index contributed by atoms with van der Waals surface area (Å²) in [6.07, 6.45) is 1.68. The average molecular weight is 246 g/mol. The number of ether oxygens (including phenoxy) is 2. The summed E-state index contributed by atoms with van der Waals surface area (Å²) in [5.74, 6) is -0.264. The molecule has 1 saturated carbocycles. The van der Waals surface area contributed by atoms with Crippen molar-refractivity contribution in [2.45, 2.75) is 18.4 Å². The number of hydrogen-bond donors (Lipinski definition) is 1. The lowest BCUT2D eigenvalue weighted by Crippen LogP contribution is -2.20. The van der Waals surface area contributed by atoms with E-state index in [4.69, 9.17) is 26.8 Å². The summed E-state index contributed by atoms with van der Waals surface area (Å²) in [5, 5.41) is 0.00405. The molecule has 0 aromatic heterocycles. The topological polar surface area (TPSA) is 44.5 Å². The molecule has 0 saturated heterocycles. The van der Waals surface area contributed by atoms with Crippen LogP contribution in [0.3, 0.4) is 0 Å². The second kappa shape index (κ2) is 3.79. The molecule has 2 N–H and O–H groups in total. The Morgan fingerprint density at radius 2 is 1.88 bits per heavy atom. The highest BCUT2D eigenvalue weighted by atomic mass is 35.5. The predicted molar refractivity (Wildman–Crippen MR) is 59.6 cm³/mol. The maximum Gasteiger partial charge on any atom is 0.198 e. The van der Waals surface area contributed by atoms with Crippen molar-refractivity contribution in [1.29, 1.82) is 0 Å². The first-order valence-electron chi connectivity index (χ1n) is 4.93.